The van der Waals surface area contributed by atoms with Crippen LogP contribution in [0.1, 0.15) is 9.67 Å². The minimum absolute atomic E-state index is 0.0156. The van der Waals surface area contributed by atoms with Crippen molar-refractivity contribution >= 4 is 43.3 Å². The second kappa shape index (κ2) is 3.25. The van der Waals surface area contributed by atoms with Crippen molar-refractivity contribution in [1.29, 1.82) is 0 Å². The van der Waals surface area contributed by atoms with Gasteiger partial charge in [0.15, 0.2) is 4.88 Å². The van der Waals surface area contributed by atoms with E-state index in [2.05, 4.69) is 15.9 Å². The summed E-state index contributed by atoms with van der Waals surface area (Å²) in [6.45, 7) is 0. The Morgan fingerprint density at radius 1 is 1.43 bits per heavy atom. The molecule has 1 aromatic carbocycles. The molecule has 0 saturated heterocycles. The standard InChI is InChI=1S/C9H5BrO3S/c10-4-1-2-6-5(3-4)7(11)8(14-6)9(12)13/h1-3,11H,(H,12,13). The quantitative estimate of drug-likeness (QED) is 0.839. The van der Waals surface area contributed by atoms with E-state index >= 15 is 0 Å². The highest BCUT2D eigenvalue weighted by molar-refractivity contribution is 9.10. The fraction of sp³-hybridized carbons (Fsp3) is 0. The highest BCUT2D eigenvalue weighted by Crippen LogP contribution is 2.37. The summed E-state index contributed by atoms with van der Waals surface area (Å²) in [5.41, 5.74) is 0. The smallest absolute Gasteiger partial charge is 0.349 e. The average Bonchev–Trinajstić information content (AvgIpc) is 2.44. The molecule has 3 nitrogen and oxygen atoms in total. The van der Waals surface area contributed by atoms with Gasteiger partial charge < -0.3 is 10.2 Å². The maximum absolute atomic E-state index is 10.7. The van der Waals surface area contributed by atoms with Crippen molar-refractivity contribution in [3.8, 4) is 5.75 Å². The van der Waals surface area contributed by atoms with Gasteiger partial charge in [0.2, 0.25) is 0 Å². The van der Waals surface area contributed by atoms with E-state index in [-0.39, 0.29) is 10.6 Å². The van der Waals surface area contributed by atoms with E-state index in [1.807, 2.05) is 6.07 Å². The third kappa shape index (κ3) is 1.38. The molecule has 0 fully saturated rings. The summed E-state index contributed by atoms with van der Waals surface area (Å²) in [5.74, 6) is -1.25. The number of hydrogen-bond acceptors (Lipinski definition) is 3. The predicted octanol–water partition coefficient (Wildman–Crippen LogP) is 3.07. The zero-order valence-electron chi connectivity index (χ0n) is 6.82. The largest absolute Gasteiger partial charge is 0.505 e. The number of carboxylic acid groups (broad SMARTS) is 1. The zero-order chi connectivity index (χ0) is 10.3. The van der Waals surface area contributed by atoms with Gasteiger partial charge in [0.1, 0.15) is 5.75 Å². The molecule has 1 aromatic heterocycles. The second-order valence-electron chi connectivity index (χ2n) is 2.73. The first-order valence-corrected chi connectivity index (χ1v) is 5.35. The van der Waals surface area contributed by atoms with Gasteiger partial charge in [-0.25, -0.2) is 4.79 Å². The molecule has 0 aliphatic carbocycles. The van der Waals surface area contributed by atoms with Crippen molar-refractivity contribution in [3.63, 3.8) is 0 Å². The molecule has 0 unspecified atom stereocenters. The first-order chi connectivity index (χ1) is 6.59. The summed E-state index contributed by atoms with van der Waals surface area (Å²) in [7, 11) is 0. The Morgan fingerprint density at radius 2 is 2.14 bits per heavy atom. The maximum atomic E-state index is 10.7. The van der Waals surface area contributed by atoms with Crippen LogP contribution in [-0.4, -0.2) is 16.2 Å². The fourth-order valence-electron chi connectivity index (χ4n) is 1.20. The van der Waals surface area contributed by atoms with Gasteiger partial charge in [-0.2, -0.15) is 0 Å². The monoisotopic (exact) mass is 272 g/mol. The van der Waals surface area contributed by atoms with Gasteiger partial charge in [-0.1, -0.05) is 15.9 Å². The minimum atomic E-state index is -1.10. The SMILES string of the molecule is O=C(O)c1sc2ccc(Br)cc2c1O. The highest BCUT2D eigenvalue weighted by Gasteiger charge is 2.16. The molecule has 5 heteroatoms. The summed E-state index contributed by atoms with van der Waals surface area (Å²) in [6, 6.07) is 5.29. The molecule has 0 bridgehead atoms. The van der Waals surface area contributed by atoms with Crippen LogP contribution in [0.25, 0.3) is 10.1 Å². The van der Waals surface area contributed by atoms with Gasteiger partial charge in [-0.05, 0) is 18.2 Å². The van der Waals surface area contributed by atoms with Gasteiger partial charge in [-0.3, -0.25) is 0 Å². The van der Waals surface area contributed by atoms with E-state index in [0.717, 1.165) is 20.5 Å². The molecule has 1 heterocycles. The summed E-state index contributed by atoms with van der Waals surface area (Å²) in [6.07, 6.45) is 0. The molecule has 2 aromatic rings. The van der Waals surface area contributed by atoms with Crippen LogP contribution in [0, 0.1) is 0 Å². The van der Waals surface area contributed by atoms with Crippen molar-refractivity contribution < 1.29 is 15.0 Å². The number of hydrogen-bond donors (Lipinski definition) is 2. The van der Waals surface area contributed by atoms with E-state index in [1.165, 1.54) is 0 Å². The number of rotatable bonds is 1. The summed E-state index contributed by atoms with van der Waals surface area (Å²) in [5, 5.41) is 18.9. The Labute approximate surface area is 91.7 Å². The first kappa shape index (κ1) is 9.48. The molecule has 0 radical (unpaired) electrons. The number of carboxylic acids is 1. The number of halogens is 1. The van der Waals surface area contributed by atoms with Crippen molar-refractivity contribution in [2.45, 2.75) is 0 Å². The molecule has 0 aliphatic rings. The van der Waals surface area contributed by atoms with Crippen LogP contribution in [0.4, 0.5) is 0 Å². The van der Waals surface area contributed by atoms with Gasteiger partial charge in [0.25, 0.3) is 0 Å². The molecule has 0 amide bonds. The van der Waals surface area contributed by atoms with Crippen molar-refractivity contribution in [3.05, 3.63) is 27.5 Å². The normalized spacial score (nSPS) is 10.6. The molecule has 0 atom stereocenters. The van der Waals surface area contributed by atoms with Crippen molar-refractivity contribution in [2.75, 3.05) is 0 Å². The average molecular weight is 273 g/mol. The topological polar surface area (TPSA) is 57.5 Å². The first-order valence-electron chi connectivity index (χ1n) is 3.74. The van der Waals surface area contributed by atoms with Gasteiger partial charge in [0.05, 0.1) is 0 Å². The number of benzene rings is 1. The third-order valence-corrected chi connectivity index (χ3v) is 3.46. The molecular weight excluding hydrogens is 268 g/mol. The Morgan fingerprint density at radius 3 is 2.79 bits per heavy atom. The fourth-order valence-corrected chi connectivity index (χ4v) is 2.48. The molecule has 0 saturated carbocycles. The van der Waals surface area contributed by atoms with Crippen molar-refractivity contribution in [2.24, 2.45) is 0 Å². The number of carbonyl (C=O) groups is 1. The lowest BCUT2D eigenvalue weighted by Gasteiger charge is -1.92. The molecule has 2 N–H and O–H groups in total. The highest BCUT2D eigenvalue weighted by atomic mass is 79.9. The van der Waals surface area contributed by atoms with Gasteiger partial charge >= 0.3 is 5.97 Å². The lowest BCUT2D eigenvalue weighted by Crippen LogP contribution is -1.90. The maximum Gasteiger partial charge on any atom is 0.349 e. The Kier molecular flexibility index (Phi) is 2.20. The van der Waals surface area contributed by atoms with Crippen LogP contribution in [0.5, 0.6) is 5.75 Å². The molecule has 2 rings (SSSR count). The molecule has 0 aliphatic heterocycles. The van der Waals surface area contributed by atoms with E-state index in [9.17, 15) is 9.90 Å². The van der Waals surface area contributed by atoms with Gasteiger partial charge in [0, 0.05) is 14.6 Å². The van der Waals surface area contributed by atoms with Gasteiger partial charge in [-0.15, -0.1) is 11.3 Å². The van der Waals surface area contributed by atoms with Crippen LogP contribution in [0.2, 0.25) is 0 Å². The van der Waals surface area contributed by atoms with Crippen LogP contribution < -0.4 is 0 Å². The lowest BCUT2D eigenvalue weighted by molar-refractivity contribution is 0.0699. The van der Waals surface area contributed by atoms with E-state index in [0.29, 0.717) is 5.39 Å². The number of thiophene rings is 1. The minimum Gasteiger partial charge on any atom is -0.505 e. The Hall–Kier alpha value is -1.07. The Balaban J connectivity index is 2.80. The van der Waals surface area contributed by atoms with E-state index in [4.69, 9.17) is 5.11 Å². The summed E-state index contributed by atoms with van der Waals surface area (Å²) in [4.78, 5) is 10.7. The second-order valence-corrected chi connectivity index (χ2v) is 4.69. The number of fused-ring (bicyclic) bond motifs is 1. The number of aromatic hydroxyl groups is 1. The van der Waals surface area contributed by atoms with E-state index < -0.39 is 5.97 Å². The van der Waals surface area contributed by atoms with E-state index in [1.54, 1.807) is 12.1 Å². The van der Waals surface area contributed by atoms with Crippen LogP contribution in [0.3, 0.4) is 0 Å². The lowest BCUT2D eigenvalue weighted by atomic mass is 10.2. The van der Waals surface area contributed by atoms with Crippen LogP contribution >= 0.6 is 27.3 Å². The van der Waals surface area contributed by atoms with Crippen molar-refractivity contribution in [1.82, 2.24) is 0 Å². The molecule has 0 spiro atoms. The number of aromatic carboxylic acids is 1. The summed E-state index contributed by atoms with van der Waals surface area (Å²) >= 11 is 4.33. The molecule has 72 valence electrons. The zero-order valence-corrected chi connectivity index (χ0v) is 9.22. The molecular formula is C9H5BrO3S. The predicted molar refractivity (Wildman–Crippen MR) is 58.1 cm³/mol. The van der Waals surface area contributed by atoms with Crippen LogP contribution in [0.15, 0.2) is 22.7 Å². The Bertz CT molecular complexity index is 518. The third-order valence-electron chi connectivity index (χ3n) is 1.82. The summed E-state index contributed by atoms with van der Waals surface area (Å²) < 4.78 is 1.58. The van der Waals surface area contributed by atoms with Crippen LogP contribution in [-0.2, 0) is 0 Å². The molecule has 14 heavy (non-hydrogen) atoms.